The fraction of sp³-hybridized carbons (Fsp3) is 0.545. The first kappa shape index (κ1) is 12.5. The van der Waals surface area contributed by atoms with Gasteiger partial charge in [0.05, 0.1) is 6.61 Å². The molecule has 0 radical (unpaired) electrons. The number of hydrogen-bond donors (Lipinski definition) is 2. The molecule has 1 fully saturated rings. The van der Waals surface area contributed by atoms with Crippen molar-refractivity contribution in [3.63, 3.8) is 0 Å². The maximum atomic E-state index is 11.6. The van der Waals surface area contributed by atoms with Crippen LogP contribution in [0, 0.1) is 18.3 Å². The van der Waals surface area contributed by atoms with E-state index in [0.717, 1.165) is 0 Å². The number of aromatic nitrogens is 2. The third kappa shape index (κ3) is 1.96. The van der Waals surface area contributed by atoms with Crippen molar-refractivity contribution in [3.8, 4) is 6.07 Å². The number of H-pyrrole nitrogens is 1. The zero-order valence-electron chi connectivity index (χ0n) is 9.84. The first-order chi connectivity index (χ1) is 8.51. The molecule has 7 nitrogen and oxygen atoms in total. The van der Waals surface area contributed by atoms with Crippen LogP contribution in [-0.4, -0.2) is 26.9 Å². The van der Waals surface area contributed by atoms with Crippen LogP contribution >= 0.6 is 0 Å². The lowest BCUT2D eigenvalue weighted by Gasteiger charge is -2.20. The highest BCUT2D eigenvalue weighted by Crippen LogP contribution is 2.34. The number of aromatic amines is 1. The summed E-state index contributed by atoms with van der Waals surface area (Å²) < 4.78 is 6.68. The highest BCUT2D eigenvalue weighted by Gasteiger charge is 2.41. The number of aryl methyl sites for hydroxylation is 1. The zero-order valence-corrected chi connectivity index (χ0v) is 9.84. The number of aliphatic hydroxyl groups is 1. The van der Waals surface area contributed by atoms with Crippen LogP contribution in [0.4, 0.5) is 0 Å². The zero-order chi connectivity index (χ0) is 13.3. The molecule has 2 heterocycles. The predicted octanol–water partition coefficient (Wildman–Crippen LogP) is -0.591. The summed E-state index contributed by atoms with van der Waals surface area (Å²) in [6.45, 7) is 1.16. The Balaban J connectivity index is 2.36. The lowest BCUT2D eigenvalue weighted by molar-refractivity contribution is -0.0661. The summed E-state index contributed by atoms with van der Waals surface area (Å²) in [5.74, 6) is 0. The van der Waals surface area contributed by atoms with E-state index < -0.39 is 29.7 Å². The molecule has 7 heteroatoms. The minimum Gasteiger partial charge on any atom is -0.392 e. The fourth-order valence-corrected chi connectivity index (χ4v) is 1.96. The molecule has 2 atom stereocenters. The van der Waals surface area contributed by atoms with Gasteiger partial charge >= 0.3 is 5.69 Å². The minimum atomic E-state index is -1.26. The van der Waals surface area contributed by atoms with Gasteiger partial charge < -0.3 is 9.84 Å². The number of aliphatic hydroxyl groups excluding tert-OH is 1. The number of nitriles is 1. The fourth-order valence-electron chi connectivity index (χ4n) is 1.96. The van der Waals surface area contributed by atoms with Crippen molar-refractivity contribution in [1.29, 1.82) is 5.26 Å². The molecule has 0 amide bonds. The molecular formula is C11H13N3O4. The van der Waals surface area contributed by atoms with Gasteiger partial charge in [-0.2, -0.15) is 5.26 Å². The van der Waals surface area contributed by atoms with Crippen molar-refractivity contribution in [2.75, 3.05) is 6.61 Å². The van der Waals surface area contributed by atoms with E-state index in [1.54, 1.807) is 6.92 Å². The monoisotopic (exact) mass is 251 g/mol. The molecule has 1 saturated heterocycles. The molecule has 0 spiro atoms. The summed E-state index contributed by atoms with van der Waals surface area (Å²) in [4.78, 5) is 25.1. The third-order valence-electron chi connectivity index (χ3n) is 3.07. The quantitative estimate of drug-likeness (QED) is 0.730. The van der Waals surface area contributed by atoms with E-state index in [9.17, 15) is 9.59 Å². The molecule has 96 valence electrons. The molecule has 1 aliphatic rings. The molecule has 0 saturated carbocycles. The smallest absolute Gasteiger partial charge is 0.330 e. The Morgan fingerprint density at radius 3 is 3.00 bits per heavy atom. The Bertz CT molecular complexity index is 612. The van der Waals surface area contributed by atoms with Gasteiger partial charge in [-0.05, 0) is 19.8 Å². The Labute approximate surface area is 102 Å². The first-order valence-electron chi connectivity index (χ1n) is 5.53. The predicted molar refractivity (Wildman–Crippen MR) is 60.8 cm³/mol. The van der Waals surface area contributed by atoms with Crippen LogP contribution in [0.3, 0.4) is 0 Å². The normalized spacial score (nSPS) is 27.1. The molecule has 0 bridgehead atoms. The maximum absolute atomic E-state index is 11.6. The first-order valence-corrected chi connectivity index (χ1v) is 5.53. The summed E-state index contributed by atoms with van der Waals surface area (Å²) in [6, 6.07) is 1.91. The van der Waals surface area contributed by atoms with E-state index in [1.165, 1.54) is 10.8 Å². The molecule has 1 aliphatic heterocycles. The topological polar surface area (TPSA) is 108 Å². The van der Waals surface area contributed by atoms with Crippen molar-refractivity contribution in [2.24, 2.45) is 0 Å². The van der Waals surface area contributed by atoms with Gasteiger partial charge in [-0.25, -0.2) is 4.79 Å². The summed E-state index contributed by atoms with van der Waals surface area (Å²) in [5, 5.41) is 18.1. The third-order valence-corrected chi connectivity index (χ3v) is 3.07. The van der Waals surface area contributed by atoms with Gasteiger partial charge in [0.1, 0.15) is 12.3 Å². The minimum absolute atomic E-state index is 0.343. The van der Waals surface area contributed by atoms with Crippen molar-refractivity contribution in [1.82, 2.24) is 9.55 Å². The molecule has 0 unspecified atom stereocenters. The van der Waals surface area contributed by atoms with Crippen LogP contribution in [0.5, 0.6) is 0 Å². The molecule has 0 aliphatic carbocycles. The van der Waals surface area contributed by atoms with Crippen molar-refractivity contribution >= 4 is 0 Å². The van der Waals surface area contributed by atoms with Gasteiger partial charge in [-0.3, -0.25) is 14.3 Å². The largest absolute Gasteiger partial charge is 0.392 e. The van der Waals surface area contributed by atoms with Crippen LogP contribution in [0.1, 0.15) is 24.6 Å². The van der Waals surface area contributed by atoms with Crippen molar-refractivity contribution in [2.45, 2.75) is 31.6 Å². The van der Waals surface area contributed by atoms with Crippen LogP contribution in [0.2, 0.25) is 0 Å². The Morgan fingerprint density at radius 1 is 1.72 bits per heavy atom. The van der Waals surface area contributed by atoms with E-state index in [2.05, 4.69) is 4.98 Å². The molecule has 18 heavy (non-hydrogen) atoms. The molecule has 2 N–H and O–H groups in total. The Morgan fingerprint density at radius 2 is 2.44 bits per heavy atom. The van der Waals surface area contributed by atoms with Gasteiger partial charge in [-0.15, -0.1) is 0 Å². The molecule has 1 aromatic rings. The van der Waals surface area contributed by atoms with Gasteiger partial charge in [0.2, 0.25) is 0 Å². The van der Waals surface area contributed by atoms with Crippen LogP contribution < -0.4 is 11.2 Å². The number of nitrogens with one attached hydrogen (secondary N) is 1. The van der Waals surface area contributed by atoms with Gasteiger partial charge in [0.25, 0.3) is 5.56 Å². The van der Waals surface area contributed by atoms with Gasteiger partial charge in [0, 0.05) is 11.8 Å². The number of rotatable bonds is 2. The van der Waals surface area contributed by atoms with Crippen LogP contribution in [-0.2, 0) is 4.74 Å². The van der Waals surface area contributed by atoms with Crippen molar-refractivity contribution in [3.05, 3.63) is 32.6 Å². The Hall–Kier alpha value is -1.91. The molecule has 1 aromatic heterocycles. The second kappa shape index (κ2) is 4.40. The van der Waals surface area contributed by atoms with E-state index in [1.807, 2.05) is 6.07 Å². The summed E-state index contributed by atoms with van der Waals surface area (Å²) in [6.07, 6.45) is 1.53. The maximum Gasteiger partial charge on any atom is 0.330 e. The van der Waals surface area contributed by atoms with Crippen molar-refractivity contribution < 1.29 is 9.84 Å². The van der Waals surface area contributed by atoms with E-state index in [-0.39, 0.29) is 0 Å². The Kier molecular flexibility index (Phi) is 3.07. The number of nitrogens with zero attached hydrogens (tertiary/aromatic N) is 2. The standard InChI is InChI=1S/C11H13N3O4/c1-7-4-14(10(17)13-9(7)16)8-2-3-11(5-12,6-15)18-8/h4,8,15H,2-3,6H2,1H3,(H,13,16,17)/t8-,11-/m1/s1. The van der Waals surface area contributed by atoms with E-state index in [4.69, 9.17) is 15.1 Å². The van der Waals surface area contributed by atoms with E-state index >= 15 is 0 Å². The SMILES string of the molecule is Cc1cn([C@H]2CC[C@@](C#N)(CO)O2)c(=O)[nH]c1=O. The summed E-state index contributed by atoms with van der Waals surface area (Å²) >= 11 is 0. The van der Waals surface area contributed by atoms with Crippen LogP contribution in [0.25, 0.3) is 0 Å². The van der Waals surface area contributed by atoms with Crippen LogP contribution in [0.15, 0.2) is 15.8 Å². The summed E-state index contributed by atoms with van der Waals surface area (Å²) in [5.41, 5.74) is -1.89. The average molecular weight is 251 g/mol. The molecule has 2 rings (SSSR count). The second-order valence-electron chi connectivity index (χ2n) is 4.35. The second-order valence-corrected chi connectivity index (χ2v) is 4.35. The van der Waals surface area contributed by atoms with Gasteiger partial charge in [0.15, 0.2) is 5.60 Å². The summed E-state index contributed by atoms with van der Waals surface area (Å²) in [7, 11) is 0. The number of hydrogen-bond acceptors (Lipinski definition) is 5. The van der Waals surface area contributed by atoms with E-state index in [0.29, 0.717) is 18.4 Å². The lowest BCUT2D eigenvalue weighted by atomic mass is 10.0. The highest BCUT2D eigenvalue weighted by molar-refractivity contribution is 5.07. The molecular weight excluding hydrogens is 238 g/mol. The average Bonchev–Trinajstić information content (AvgIpc) is 2.79. The number of ether oxygens (including phenoxy) is 1. The molecule has 0 aromatic carbocycles. The highest BCUT2D eigenvalue weighted by atomic mass is 16.5. The lowest BCUT2D eigenvalue weighted by Crippen LogP contribution is -2.36. The van der Waals surface area contributed by atoms with Gasteiger partial charge in [-0.1, -0.05) is 0 Å².